The van der Waals surface area contributed by atoms with Crippen molar-refractivity contribution in [1.82, 2.24) is 15.1 Å². The largest absolute Gasteiger partial charge is 0.472 e. The number of hydrogen-bond donors (Lipinski definition) is 2. The van der Waals surface area contributed by atoms with Crippen LogP contribution in [0.3, 0.4) is 0 Å². The molecule has 3 aromatic rings. The maximum Gasteiger partial charge on any atom is 0.319 e. The van der Waals surface area contributed by atoms with Crippen molar-refractivity contribution in [3.8, 4) is 0 Å². The lowest BCUT2D eigenvalue weighted by atomic mass is 10.2. The number of nitrogens with one attached hydrogen (secondary N) is 2. The fourth-order valence-electron chi connectivity index (χ4n) is 2.03. The van der Waals surface area contributed by atoms with Crippen LogP contribution in [0.1, 0.15) is 11.1 Å². The molecular formula is C16H16N4O2. The Morgan fingerprint density at radius 3 is 2.73 bits per heavy atom. The first kappa shape index (κ1) is 13.9. The second-order valence-electron chi connectivity index (χ2n) is 4.84. The molecule has 3 rings (SSSR count). The second-order valence-corrected chi connectivity index (χ2v) is 4.84. The molecule has 0 saturated carbocycles. The summed E-state index contributed by atoms with van der Waals surface area (Å²) in [5.41, 5.74) is 2.78. The van der Waals surface area contributed by atoms with Gasteiger partial charge in [-0.05, 0) is 29.8 Å². The molecule has 2 amide bonds. The normalized spacial score (nSPS) is 10.4. The third kappa shape index (κ3) is 3.76. The molecular weight excluding hydrogens is 280 g/mol. The van der Waals surface area contributed by atoms with E-state index in [1.807, 2.05) is 47.3 Å². The van der Waals surface area contributed by atoms with Crippen molar-refractivity contribution in [1.29, 1.82) is 0 Å². The Labute approximate surface area is 127 Å². The summed E-state index contributed by atoms with van der Waals surface area (Å²) in [7, 11) is 0. The second kappa shape index (κ2) is 6.62. The molecule has 0 bridgehead atoms. The first-order chi connectivity index (χ1) is 10.8. The van der Waals surface area contributed by atoms with E-state index >= 15 is 0 Å². The van der Waals surface area contributed by atoms with E-state index in [0.717, 1.165) is 16.8 Å². The molecule has 2 heterocycles. The molecule has 0 atom stereocenters. The van der Waals surface area contributed by atoms with Gasteiger partial charge in [0.15, 0.2) is 0 Å². The standard InChI is InChI=1S/C16H16N4O2/c21-16(17-10-14-6-9-22-12-14)19-15-4-2-13(3-5-15)11-20-8-1-7-18-20/h1-9,12H,10-11H2,(H2,17,19,21). The van der Waals surface area contributed by atoms with Crippen LogP contribution in [0.25, 0.3) is 0 Å². The van der Waals surface area contributed by atoms with Gasteiger partial charge in [0.25, 0.3) is 0 Å². The maximum atomic E-state index is 11.8. The monoisotopic (exact) mass is 296 g/mol. The van der Waals surface area contributed by atoms with E-state index in [1.54, 1.807) is 18.7 Å². The van der Waals surface area contributed by atoms with Gasteiger partial charge in [-0.15, -0.1) is 0 Å². The molecule has 0 aliphatic carbocycles. The number of rotatable bonds is 5. The van der Waals surface area contributed by atoms with Gasteiger partial charge in [0.2, 0.25) is 0 Å². The van der Waals surface area contributed by atoms with Crippen molar-refractivity contribution >= 4 is 11.7 Å². The molecule has 22 heavy (non-hydrogen) atoms. The molecule has 0 aliphatic rings. The van der Waals surface area contributed by atoms with Gasteiger partial charge in [-0.2, -0.15) is 5.10 Å². The van der Waals surface area contributed by atoms with E-state index in [-0.39, 0.29) is 6.03 Å². The Hall–Kier alpha value is -3.02. The summed E-state index contributed by atoms with van der Waals surface area (Å²) in [4.78, 5) is 11.8. The predicted molar refractivity (Wildman–Crippen MR) is 82.3 cm³/mol. The zero-order chi connectivity index (χ0) is 15.2. The van der Waals surface area contributed by atoms with Crippen molar-refractivity contribution in [2.24, 2.45) is 0 Å². The Balaban J connectivity index is 1.51. The van der Waals surface area contributed by atoms with Gasteiger partial charge in [0, 0.05) is 30.2 Å². The summed E-state index contributed by atoms with van der Waals surface area (Å²) in [6.45, 7) is 1.14. The number of anilines is 1. The number of carbonyl (C=O) groups excluding carboxylic acids is 1. The van der Waals surface area contributed by atoms with Crippen molar-refractivity contribution < 1.29 is 9.21 Å². The van der Waals surface area contributed by atoms with Crippen LogP contribution in [0.15, 0.2) is 65.7 Å². The van der Waals surface area contributed by atoms with E-state index < -0.39 is 0 Å². The minimum Gasteiger partial charge on any atom is -0.472 e. The molecule has 0 radical (unpaired) electrons. The van der Waals surface area contributed by atoms with E-state index in [1.165, 1.54) is 0 Å². The number of aromatic nitrogens is 2. The fraction of sp³-hybridized carbons (Fsp3) is 0.125. The number of furan rings is 1. The van der Waals surface area contributed by atoms with E-state index in [2.05, 4.69) is 15.7 Å². The van der Waals surface area contributed by atoms with Crippen LogP contribution < -0.4 is 10.6 Å². The Morgan fingerprint density at radius 2 is 2.05 bits per heavy atom. The highest BCUT2D eigenvalue weighted by atomic mass is 16.3. The molecule has 0 spiro atoms. The van der Waals surface area contributed by atoms with Crippen LogP contribution >= 0.6 is 0 Å². The first-order valence-electron chi connectivity index (χ1n) is 6.92. The highest BCUT2D eigenvalue weighted by molar-refractivity contribution is 5.89. The van der Waals surface area contributed by atoms with Gasteiger partial charge in [-0.1, -0.05) is 12.1 Å². The number of urea groups is 1. The molecule has 6 nitrogen and oxygen atoms in total. The average Bonchev–Trinajstić information content (AvgIpc) is 3.20. The van der Waals surface area contributed by atoms with Crippen molar-refractivity contribution in [2.75, 3.05) is 5.32 Å². The van der Waals surface area contributed by atoms with E-state index in [0.29, 0.717) is 13.1 Å². The van der Waals surface area contributed by atoms with Gasteiger partial charge in [-0.25, -0.2) is 4.79 Å². The molecule has 112 valence electrons. The fourth-order valence-corrected chi connectivity index (χ4v) is 2.03. The zero-order valence-corrected chi connectivity index (χ0v) is 11.9. The van der Waals surface area contributed by atoms with E-state index in [9.17, 15) is 4.79 Å². The van der Waals surface area contributed by atoms with Gasteiger partial charge in [0.1, 0.15) is 0 Å². The Morgan fingerprint density at radius 1 is 1.18 bits per heavy atom. The summed E-state index contributed by atoms with van der Waals surface area (Å²) in [6.07, 6.45) is 6.84. The molecule has 6 heteroatoms. The number of hydrogen-bond acceptors (Lipinski definition) is 3. The minimum absolute atomic E-state index is 0.249. The lowest BCUT2D eigenvalue weighted by Crippen LogP contribution is -2.27. The number of nitrogens with zero attached hydrogens (tertiary/aromatic N) is 2. The molecule has 2 N–H and O–H groups in total. The highest BCUT2D eigenvalue weighted by Crippen LogP contribution is 2.10. The van der Waals surface area contributed by atoms with Gasteiger partial charge >= 0.3 is 6.03 Å². The summed E-state index contributed by atoms with van der Waals surface area (Å²) in [5, 5.41) is 9.71. The lowest BCUT2D eigenvalue weighted by Gasteiger charge is -2.08. The van der Waals surface area contributed by atoms with E-state index in [4.69, 9.17) is 4.42 Å². The van der Waals surface area contributed by atoms with Crippen LogP contribution in [-0.4, -0.2) is 15.8 Å². The topological polar surface area (TPSA) is 72.1 Å². The number of benzene rings is 1. The highest BCUT2D eigenvalue weighted by Gasteiger charge is 2.03. The molecule has 1 aromatic carbocycles. The number of amides is 2. The summed E-state index contributed by atoms with van der Waals surface area (Å²) < 4.78 is 6.79. The molecule has 0 saturated heterocycles. The predicted octanol–water partition coefficient (Wildman–Crippen LogP) is 2.85. The third-order valence-corrected chi connectivity index (χ3v) is 3.15. The maximum absolute atomic E-state index is 11.8. The summed E-state index contributed by atoms with van der Waals surface area (Å²) in [6, 6.07) is 11.1. The van der Waals surface area contributed by atoms with Crippen LogP contribution in [0.5, 0.6) is 0 Å². The van der Waals surface area contributed by atoms with Crippen LogP contribution in [0.4, 0.5) is 10.5 Å². The smallest absolute Gasteiger partial charge is 0.319 e. The quantitative estimate of drug-likeness (QED) is 0.760. The van der Waals surface area contributed by atoms with Crippen molar-refractivity contribution in [2.45, 2.75) is 13.1 Å². The van der Waals surface area contributed by atoms with Crippen LogP contribution in [0.2, 0.25) is 0 Å². The number of carbonyl (C=O) groups is 1. The minimum atomic E-state index is -0.249. The lowest BCUT2D eigenvalue weighted by molar-refractivity contribution is 0.251. The summed E-state index contributed by atoms with van der Waals surface area (Å²) in [5.74, 6) is 0. The van der Waals surface area contributed by atoms with Crippen molar-refractivity contribution in [3.63, 3.8) is 0 Å². The van der Waals surface area contributed by atoms with Crippen molar-refractivity contribution in [3.05, 3.63) is 72.4 Å². The average molecular weight is 296 g/mol. The first-order valence-corrected chi connectivity index (χ1v) is 6.92. The summed E-state index contributed by atoms with van der Waals surface area (Å²) >= 11 is 0. The Kier molecular flexibility index (Phi) is 4.20. The van der Waals surface area contributed by atoms with Crippen LogP contribution in [0, 0.1) is 0 Å². The molecule has 2 aromatic heterocycles. The van der Waals surface area contributed by atoms with Crippen LogP contribution in [-0.2, 0) is 13.1 Å². The SMILES string of the molecule is O=C(NCc1ccoc1)Nc1ccc(Cn2cccn2)cc1. The Bertz CT molecular complexity index is 703. The molecule has 0 fully saturated rings. The van der Waals surface area contributed by atoms with Gasteiger partial charge < -0.3 is 15.1 Å². The zero-order valence-electron chi connectivity index (χ0n) is 11.9. The van der Waals surface area contributed by atoms with Gasteiger partial charge in [-0.3, -0.25) is 4.68 Å². The van der Waals surface area contributed by atoms with Gasteiger partial charge in [0.05, 0.1) is 19.1 Å². The molecule has 0 aliphatic heterocycles. The third-order valence-electron chi connectivity index (χ3n) is 3.15. The molecule has 0 unspecified atom stereocenters.